The topological polar surface area (TPSA) is 112 Å². The van der Waals surface area contributed by atoms with Crippen LogP contribution in [0.4, 0.5) is 0 Å². The van der Waals surface area contributed by atoms with Crippen LogP contribution in [0.3, 0.4) is 0 Å². The molecule has 3 aromatic rings. The molecule has 0 N–H and O–H groups in total. The van der Waals surface area contributed by atoms with Gasteiger partial charge in [-0.3, -0.25) is 0 Å². The Morgan fingerprint density at radius 3 is 2.53 bits per heavy atom. The molecule has 32 heavy (non-hydrogen) atoms. The maximum Gasteiger partial charge on any atom is 0.338 e. The minimum atomic E-state index is -3.77. The van der Waals surface area contributed by atoms with Gasteiger partial charge in [0.05, 0.1) is 22.7 Å². The molecular weight excluding hydrogens is 434 g/mol. The molecule has 0 unspecified atom stereocenters. The van der Waals surface area contributed by atoms with E-state index in [9.17, 15) is 13.2 Å². The molecule has 168 valence electrons. The molecule has 10 heteroatoms. The number of nitrogens with zero attached hydrogens (tertiary/aromatic N) is 3. The largest absolute Gasteiger partial charge is 0.452 e. The van der Waals surface area contributed by atoms with E-state index in [2.05, 4.69) is 10.1 Å². The first kappa shape index (κ1) is 22.1. The molecule has 2 aromatic carbocycles. The van der Waals surface area contributed by atoms with E-state index in [0.717, 1.165) is 5.56 Å². The third-order valence-corrected chi connectivity index (χ3v) is 6.75. The van der Waals surface area contributed by atoms with E-state index in [1.807, 2.05) is 44.2 Å². The van der Waals surface area contributed by atoms with Gasteiger partial charge in [0.25, 0.3) is 5.89 Å². The summed E-state index contributed by atoms with van der Waals surface area (Å²) < 4.78 is 43.5. The van der Waals surface area contributed by atoms with E-state index < -0.39 is 16.0 Å². The number of sulfonamides is 1. The van der Waals surface area contributed by atoms with Gasteiger partial charge in [-0.05, 0) is 32.0 Å². The second-order valence-electron chi connectivity index (χ2n) is 7.56. The molecule has 2 atom stereocenters. The molecule has 0 saturated carbocycles. The third kappa shape index (κ3) is 4.87. The minimum Gasteiger partial charge on any atom is -0.452 e. The predicted molar refractivity (Wildman–Crippen MR) is 114 cm³/mol. The van der Waals surface area contributed by atoms with Crippen LogP contribution in [0.25, 0.3) is 11.4 Å². The van der Waals surface area contributed by atoms with Crippen LogP contribution >= 0.6 is 0 Å². The van der Waals surface area contributed by atoms with Gasteiger partial charge in [-0.1, -0.05) is 41.6 Å². The van der Waals surface area contributed by atoms with Gasteiger partial charge in [-0.15, -0.1) is 0 Å². The normalized spacial score (nSPS) is 19.6. The first-order valence-corrected chi connectivity index (χ1v) is 11.6. The average molecular weight is 458 g/mol. The summed E-state index contributed by atoms with van der Waals surface area (Å²) in [6.07, 6.45) is -0.422. The molecule has 1 saturated heterocycles. The Morgan fingerprint density at radius 2 is 1.81 bits per heavy atom. The maximum absolute atomic E-state index is 13.1. The highest BCUT2D eigenvalue weighted by Crippen LogP contribution is 2.22. The number of carbonyl (C=O) groups is 1. The fourth-order valence-corrected chi connectivity index (χ4v) is 5.13. The summed E-state index contributed by atoms with van der Waals surface area (Å²) in [7, 11) is -3.77. The number of hydrogen-bond acceptors (Lipinski definition) is 8. The zero-order valence-electron chi connectivity index (χ0n) is 17.7. The molecule has 0 spiro atoms. The highest BCUT2D eigenvalue weighted by Gasteiger charge is 2.32. The van der Waals surface area contributed by atoms with Gasteiger partial charge < -0.3 is 14.0 Å². The van der Waals surface area contributed by atoms with Crippen LogP contribution < -0.4 is 0 Å². The molecule has 9 nitrogen and oxygen atoms in total. The number of aromatic nitrogens is 2. The van der Waals surface area contributed by atoms with Gasteiger partial charge in [-0.2, -0.15) is 9.29 Å². The molecule has 1 aliphatic heterocycles. The Morgan fingerprint density at radius 1 is 1.09 bits per heavy atom. The third-order valence-electron chi connectivity index (χ3n) is 4.92. The van der Waals surface area contributed by atoms with Crippen molar-refractivity contribution in [2.75, 3.05) is 13.1 Å². The summed E-state index contributed by atoms with van der Waals surface area (Å²) in [5.74, 6) is -0.166. The van der Waals surface area contributed by atoms with Crippen LogP contribution in [0.2, 0.25) is 0 Å². The summed E-state index contributed by atoms with van der Waals surface area (Å²) in [5, 5.41) is 3.88. The highest BCUT2D eigenvalue weighted by atomic mass is 32.2. The van der Waals surface area contributed by atoms with Crippen molar-refractivity contribution in [3.63, 3.8) is 0 Å². The Hall–Kier alpha value is -3.08. The fourth-order valence-electron chi connectivity index (χ4n) is 3.49. The Labute approximate surface area is 186 Å². The van der Waals surface area contributed by atoms with Crippen molar-refractivity contribution in [2.24, 2.45) is 0 Å². The van der Waals surface area contributed by atoms with Crippen LogP contribution in [0, 0.1) is 0 Å². The van der Waals surface area contributed by atoms with Gasteiger partial charge >= 0.3 is 5.97 Å². The number of carbonyl (C=O) groups excluding carboxylic acids is 1. The first-order chi connectivity index (χ1) is 15.3. The van der Waals surface area contributed by atoms with Gasteiger partial charge in [0.2, 0.25) is 15.8 Å². The number of benzene rings is 2. The van der Waals surface area contributed by atoms with Crippen molar-refractivity contribution in [1.29, 1.82) is 0 Å². The Balaban J connectivity index is 1.44. The summed E-state index contributed by atoms with van der Waals surface area (Å²) in [6, 6.07) is 15.0. The summed E-state index contributed by atoms with van der Waals surface area (Å²) in [5.41, 5.74) is 0.890. The van der Waals surface area contributed by atoms with E-state index in [4.69, 9.17) is 14.0 Å². The monoisotopic (exact) mass is 457 g/mol. The van der Waals surface area contributed by atoms with Gasteiger partial charge in [0, 0.05) is 18.7 Å². The molecule has 1 aromatic heterocycles. The van der Waals surface area contributed by atoms with Gasteiger partial charge in [-0.25, -0.2) is 13.2 Å². The second-order valence-corrected chi connectivity index (χ2v) is 9.50. The smallest absolute Gasteiger partial charge is 0.338 e. The highest BCUT2D eigenvalue weighted by molar-refractivity contribution is 7.89. The standard InChI is InChI=1S/C22H23N3O6S/c1-15-12-25(13-16(2)30-15)32(27,28)19-10-6-9-18(11-19)22(26)29-14-20-23-21(24-31-20)17-7-4-3-5-8-17/h3-11,15-16H,12-14H2,1-2H3/t15-,16-/m1/s1. The number of esters is 1. The van der Waals surface area contributed by atoms with Gasteiger partial charge in [0.15, 0.2) is 6.61 Å². The van der Waals surface area contributed by atoms with Crippen molar-refractivity contribution in [3.8, 4) is 11.4 Å². The predicted octanol–water partition coefficient (Wildman–Crippen LogP) is 2.89. The van der Waals surface area contributed by atoms with E-state index in [1.54, 1.807) is 0 Å². The van der Waals surface area contributed by atoms with E-state index >= 15 is 0 Å². The summed E-state index contributed by atoms with van der Waals surface area (Å²) in [6.45, 7) is 3.93. The van der Waals surface area contributed by atoms with Crippen molar-refractivity contribution in [3.05, 3.63) is 66.1 Å². The Bertz CT molecular complexity index is 1190. The van der Waals surface area contributed by atoms with E-state index in [-0.39, 0.29) is 48.3 Å². The van der Waals surface area contributed by atoms with E-state index in [0.29, 0.717) is 5.82 Å². The molecule has 1 aliphatic rings. The number of rotatable bonds is 6. The quantitative estimate of drug-likeness (QED) is 0.520. The lowest BCUT2D eigenvalue weighted by Gasteiger charge is -2.34. The van der Waals surface area contributed by atoms with Crippen LogP contribution in [-0.4, -0.2) is 54.1 Å². The van der Waals surface area contributed by atoms with Crippen LogP contribution in [0.1, 0.15) is 30.1 Å². The summed E-state index contributed by atoms with van der Waals surface area (Å²) >= 11 is 0. The minimum absolute atomic E-state index is 0.0254. The van der Waals surface area contributed by atoms with Crippen molar-refractivity contribution in [1.82, 2.24) is 14.4 Å². The zero-order valence-corrected chi connectivity index (χ0v) is 18.5. The lowest BCUT2D eigenvalue weighted by molar-refractivity contribution is -0.0440. The summed E-state index contributed by atoms with van der Waals surface area (Å²) in [4.78, 5) is 16.7. The lowest BCUT2D eigenvalue weighted by Crippen LogP contribution is -2.48. The molecule has 0 bridgehead atoms. The lowest BCUT2D eigenvalue weighted by atomic mass is 10.2. The molecule has 0 amide bonds. The van der Waals surface area contributed by atoms with Crippen molar-refractivity contribution < 1.29 is 27.2 Å². The zero-order chi connectivity index (χ0) is 22.7. The number of hydrogen-bond donors (Lipinski definition) is 0. The molecular formula is C22H23N3O6S. The fraction of sp³-hybridized carbons (Fsp3) is 0.318. The maximum atomic E-state index is 13.1. The molecule has 4 rings (SSSR count). The number of ether oxygens (including phenoxy) is 2. The van der Waals surface area contributed by atoms with Gasteiger partial charge in [0.1, 0.15) is 0 Å². The first-order valence-electron chi connectivity index (χ1n) is 10.1. The SMILES string of the molecule is C[C@@H]1CN(S(=O)(=O)c2cccc(C(=O)OCc3nc(-c4ccccc4)no3)c2)C[C@@H](C)O1. The van der Waals surface area contributed by atoms with Crippen molar-refractivity contribution >= 4 is 16.0 Å². The van der Waals surface area contributed by atoms with Crippen LogP contribution in [0.15, 0.2) is 64.0 Å². The Kier molecular flexibility index (Phi) is 6.35. The molecule has 0 radical (unpaired) electrons. The molecule has 2 heterocycles. The average Bonchev–Trinajstić information content (AvgIpc) is 3.26. The number of morpholine rings is 1. The molecule has 0 aliphatic carbocycles. The van der Waals surface area contributed by atoms with E-state index in [1.165, 1.54) is 28.6 Å². The van der Waals surface area contributed by atoms with Crippen LogP contribution in [-0.2, 0) is 26.1 Å². The van der Waals surface area contributed by atoms with Crippen LogP contribution in [0.5, 0.6) is 0 Å². The van der Waals surface area contributed by atoms with Crippen molar-refractivity contribution in [2.45, 2.75) is 37.6 Å². The molecule has 1 fully saturated rings. The second kappa shape index (κ2) is 9.19.